The first-order valence-electron chi connectivity index (χ1n) is 10.9. The maximum atomic E-state index is 14.7. The molecule has 0 spiro atoms. The Kier molecular flexibility index (Phi) is 7.71. The Morgan fingerprint density at radius 2 is 1.57 bits per heavy atom. The Morgan fingerprint density at radius 3 is 2.10 bits per heavy atom. The van der Waals surface area contributed by atoms with Gasteiger partial charge in [0.15, 0.2) is 8.32 Å². The normalized spacial score (nSPS) is 14.1. The van der Waals surface area contributed by atoms with Crippen molar-refractivity contribution in [3.63, 3.8) is 0 Å². The van der Waals surface area contributed by atoms with Gasteiger partial charge in [-0.15, -0.1) is 0 Å². The van der Waals surface area contributed by atoms with Crippen molar-refractivity contribution in [2.75, 3.05) is 6.61 Å². The third-order valence-corrected chi connectivity index (χ3v) is 10.6. The van der Waals surface area contributed by atoms with Crippen LogP contribution in [0.15, 0.2) is 42.5 Å². The van der Waals surface area contributed by atoms with E-state index in [-0.39, 0.29) is 22.4 Å². The fourth-order valence-corrected chi connectivity index (χ4v) is 4.26. The lowest BCUT2D eigenvalue weighted by atomic mass is 9.81. The maximum Gasteiger partial charge on any atom is 0.192 e. The van der Waals surface area contributed by atoms with Crippen molar-refractivity contribution in [1.82, 2.24) is 0 Å². The second-order valence-corrected chi connectivity index (χ2v) is 15.5. The lowest BCUT2D eigenvalue weighted by Gasteiger charge is -2.36. The molecule has 30 heavy (non-hydrogen) atoms. The van der Waals surface area contributed by atoms with Gasteiger partial charge in [0.2, 0.25) is 0 Å². The summed E-state index contributed by atoms with van der Waals surface area (Å²) >= 11 is 0. The van der Waals surface area contributed by atoms with Crippen molar-refractivity contribution < 1.29 is 13.6 Å². The van der Waals surface area contributed by atoms with Crippen LogP contribution in [0.5, 0.6) is 0 Å². The smallest absolute Gasteiger partial charge is 0.192 e. The van der Waals surface area contributed by atoms with E-state index in [1.54, 1.807) is 6.07 Å². The minimum Gasteiger partial charge on any atom is -0.413 e. The Labute approximate surface area is 183 Å². The molecule has 2 nitrogen and oxygen atoms in total. The molecule has 0 aliphatic heterocycles. The molecule has 0 aliphatic rings. The van der Waals surface area contributed by atoms with Crippen LogP contribution in [-0.4, -0.2) is 14.9 Å². The van der Waals surface area contributed by atoms with Gasteiger partial charge < -0.3 is 9.16 Å². The predicted octanol–water partition coefficient (Wildman–Crippen LogP) is 8.14. The van der Waals surface area contributed by atoms with Crippen molar-refractivity contribution in [2.24, 2.45) is 5.41 Å². The first-order valence-corrected chi connectivity index (χ1v) is 13.8. The Hall–Kier alpha value is -1.49. The second-order valence-electron chi connectivity index (χ2n) is 10.7. The van der Waals surface area contributed by atoms with Gasteiger partial charge in [0, 0.05) is 12.2 Å². The minimum absolute atomic E-state index is 0.130. The molecular formula is C26H39FO2Si. The Bertz CT molecular complexity index is 847. The number of hydrogen-bond acceptors (Lipinski definition) is 2. The summed E-state index contributed by atoms with van der Waals surface area (Å²) in [5.74, 6) is -0.215. The van der Waals surface area contributed by atoms with Crippen molar-refractivity contribution >= 4 is 8.32 Å². The van der Waals surface area contributed by atoms with Crippen LogP contribution in [0, 0.1) is 11.2 Å². The van der Waals surface area contributed by atoms with Gasteiger partial charge in [-0.25, -0.2) is 4.39 Å². The average Bonchev–Trinajstić information content (AvgIpc) is 2.63. The Balaban J connectivity index is 2.53. The lowest BCUT2D eigenvalue weighted by molar-refractivity contribution is -0.0129. The molecule has 0 fully saturated rings. The highest BCUT2D eigenvalue weighted by atomic mass is 28.4. The van der Waals surface area contributed by atoms with Crippen LogP contribution < -0.4 is 0 Å². The molecule has 0 heterocycles. The summed E-state index contributed by atoms with van der Waals surface area (Å²) in [5.41, 5.74) is 3.49. The van der Waals surface area contributed by atoms with Crippen LogP contribution in [0.2, 0.25) is 18.1 Å². The van der Waals surface area contributed by atoms with Gasteiger partial charge in [0.25, 0.3) is 0 Å². The van der Waals surface area contributed by atoms with Crippen LogP contribution >= 0.6 is 0 Å². The molecule has 1 atom stereocenters. The number of rotatable bonds is 7. The summed E-state index contributed by atoms with van der Waals surface area (Å²) in [6.07, 6.45) is -0.148. The lowest BCUT2D eigenvalue weighted by Crippen LogP contribution is -2.40. The van der Waals surface area contributed by atoms with Gasteiger partial charge in [-0.1, -0.05) is 77.9 Å². The van der Waals surface area contributed by atoms with E-state index >= 15 is 0 Å². The zero-order chi connectivity index (χ0) is 22.7. The standard InChI is InChI=1S/C26H39FO2Si/c1-10-28-24(25(2,3)4)22-17-19(18-29-30(8,9)26(5,6)7)15-16-20(22)21-13-11-12-14-23(21)27/h11-17,24H,10,18H2,1-9H3/t24-/m0/s1. The molecule has 166 valence electrons. The predicted molar refractivity (Wildman–Crippen MR) is 128 cm³/mol. The van der Waals surface area contributed by atoms with E-state index in [2.05, 4.69) is 66.8 Å². The molecular weight excluding hydrogens is 391 g/mol. The van der Waals surface area contributed by atoms with Gasteiger partial charge in [-0.3, -0.25) is 0 Å². The summed E-state index contributed by atoms with van der Waals surface area (Å²) in [7, 11) is -1.86. The summed E-state index contributed by atoms with van der Waals surface area (Å²) < 4.78 is 27.3. The quantitative estimate of drug-likeness (QED) is 0.413. The molecule has 2 aromatic carbocycles. The van der Waals surface area contributed by atoms with Crippen LogP contribution in [0.4, 0.5) is 4.39 Å². The second kappa shape index (κ2) is 9.33. The summed E-state index contributed by atoms with van der Waals surface area (Å²) in [6.45, 7) is 20.9. The highest BCUT2D eigenvalue weighted by Crippen LogP contribution is 2.42. The van der Waals surface area contributed by atoms with Crippen LogP contribution in [0.1, 0.15) is 65.7 Å². The monoisotopic (exact) mass is 430 g/mol. The highest BCUT2D eigenvalue weighted by molar-refractivity contribution is 6.74. The minimum atomic E-state index is -1.86. The maximum absolute atomic E-state index is 14.7. The number of benzene rings is 2. The van der Waals surface area contributed by atoms with E-state index in [0.29, 0.717) is 18.8 Å². The van der Waals surface area contributed by atoms with E-state index in [4.69, 9.17) is 9.16 Å². The van der Waals surface area contributed by atoms with E-state index < -0.39 is 8.32 Å². The highest BCUT2D eigenvalue weighted by Gasteiger charge is 2.37. The molecule has 0 aromatic heterocycles. The van der Waals surface area contributed by atoms with E-state index in [0.717, 1.165) is 16.7 Å². The summed E-state index contributed by atoms with van der Waals surface area (Å²) in [6, 6.07) is 13.2. The molecule has 0 radical (unpaired) electrons. The van der Waals surface area contributed by atoms with Crippen LogP contribution in [0.25, 0.3) is 11.1 Å². The van der Waals surface area contributed by atoms with Gasteiger partial charge in [0.05, 0.1) is 12.7 Å². The number of ether oxygens (including phenoxy) is 1. The van der Waals surface area contributed by atoms with Crippen LogP contribution in [0.3, 0.4) is 0 Å². The molecule has 0 aliphatic carbocycles. The van der Waals surface area contributed by atoms with Crippen LogP contribution in [-0.2, 0) is 15.8 Å². The van der Waals surface area contributed by atoms with E-state index in [1.807, 2.05) is 25.1 Å². The first-order chi connectivity index (χ1) is 13.8. The van der Waals surface area contributed by atoms with E-state index in [1.165, 1.54) is 6.07 Å². The molecule has 0 bridgehead atoms. The summed E-state index contributed by atoms with van der Waals surface area (Å²) in [4.78, 5) is 0. The molecule has 2 aromatic rings. The fraction of sp³-hybridized carbons (Fsp3) is 0.538. The third kappa shape index (κ3) is 5.80. The molecule has 0 amide bonds. The van der Waals surface area contributed by atoms with Crippen molar-refractivity contribution in [3.05, 3.63) is 59.4 Å². The molecule has 0 saturated carbocycles. The van der Waals surface area contributed by atoms with Gasteiger partial charge in [0.1, 0.15) is 5.82 Å². The first kappa shape index (κ1) is 24.8. The largest absolute Gasteiger partial charge is 0.413 e. The molecule has 2 rings (SSSR count). The van der Waals surface area contributed by atoms with E-state index in [9.17, 15) is 4.39 Å². The molecule has 4 heteroatoms. The van der Waals surface area contributed by atoms with Crippen molar-refractivity contribution in [1.29, 1.82) is 0 Å². The SMILES string of the molecule is CCO[C@@H](c1cc(CO[Si](C)(C)C(C)(C)C)ccc1-c1ccccc1F)C(C)(C)C. The van der Waals surface area contributed by atoms with Gasteiger partial charge in [-0.05, 0) is 53.2 Å². The topological polar surface area (TPSA) is 18.5 Å². The molecule has 0 saturated heterocycles. The third-order valence-electron chi connectivity index (χ3n) is 6.09. The van der Waals surface area contributed by atoms with Gasteiger partial charge in [-0.2, -0.15) is 0 Å². The van der Waals surface area contributed by atoms with Gasteiger partial charge >= 0.3 is 0 Å². The number of halogens is 1. The zero-order valence-electron chi connectivity index (χ0n) is 20.2. The number of hydrogen-bond donors (Lipinski definition) is 0. The fourth-order valence-electron chi connectivity index (χ4n) is 3.30. The van der Waals surface area contributed by atoms with Crippen molar-refractivity contribution in [3.8, 4) is 11.1 Å². The molecule has 0 unspecified atom stereocenters. The zero-order valence-corrected chi connectivity index (χ0v) is 21.2. The Morgan fingerprint density at radius 1 is 0.933 bits per heavy atom. The average molecular weight is 431 g/mol. The molecule has 0 N–H and O–H groups in total. The summed E-state index contributed by atoms with van der Waals surface area (Å²) in [5, 5.41) is 0.155. The van der Waals surface area contributed by atoms with Crippen molar-refractivity contribution in [2.45, 2.75) is 79.3 Å².